The zero-order valence-electron chi connectivity index (χ0n) is 7.57. The van der Waals surface area contributed by atoms with E-state index < -0.39 is 0 Å². The second kappa shape index (κ2) is 3.96. The van der Waals surface area contributed by atoms with Crippen LogP contribution in [-0.4, -0.2) is 23.6 Å². The molecule has 1 aliphatic heterocycles. The lowest BCUT2D eigenvalue weighted by molar-refractivity contribution is -0.110. The van der Waals surface area contributed by atoms with Gasteiger partial charge in [-0.2, -0.15) is 0 Å². The third-order valence-electron chi connectivity index (χ3n) is 2.06. The molecule has 0 N–H and O–H groups in total. The summed E-state index contributed by atoms with van der Waals surface area (Å²) in [5.41, 5.74) is 0.768. The van der Waals surface area contributed by atoms with E-state index in [0.717, 1.165) is 18.6 Å². The van der Waals surface area contributed by atoms with Crippen LogP contribution in [0.25, 0.3) is 0 Å². The van der Waals surface area contributed by atoms with E-state index >= 15 is 0 Å². The number of allylic oxidation sites excluding steroid dienone is 3. The molecule has 0 radical (unpaired) electrons. The van der Waals surface area contributed by atoms with Gasteiger partial charge in [-0.25, -0.2) is 4.99 Å². The Kier molecular flexibility index (Phi) is 2.68. The van der Waals surface area contributed by atoms with Crippen molar-refractivity contribution in [2.75, 3.05) is 5.88 Å². The van der Waals surface area contributed by atoms with E-state index in [0.29, 0.717) is 11.6 Å². The minimum atomic E-state index is -0.162. The van der Waals surface area contributed by atoms with Crippen LogP contribution in [0.15, 0.2) is 29.0 Å². The van der Waals surface area contributed by atoms with Crippen LogP contribution in [0.4, 0.5) is 0 Å². The van der Waals surface area contributed by atoms with Gasteiger partial charge in [0.25, 0.3) is 0 Å². The number of carbonyl (C=O) groups excluding carboxylic acids is 1. The van der Waals surface area contributed by atoms with Crippen molar-refractivity contribution in [3.8, 4) is 0 Å². The van der Waals surface area contributed by atoms with Crippen molar-refractivity contribution in [3.63, 3.8) is 0 Å². The van der Waals surface area contributed by atoms with Crippen molar-refractivity contribution < 1.29 is 9.53 Å². The van der Waals surface area contributed by atoms with Gasteiger partial charge in [0.1, 0.15) is 5.71 Å². The van der Waals surface area contributed by atoms with Crippen molar-refractivity contribution in [1.82, 2.24) is 0 Å². The highest BCUT2D eigenvalue weighted by Crippen LogP contribution is 2.22. The minimum absolute atomic E-state index is 0.0445. The molecular weight excluding hydrogens is 202 g/mol. The van der Waals surface area contributed by atoms with Crippen molar-refractivity contribution in [1.29, 1.82) is 0 Å². The Labute approximate surface area is 87.1 Å². The predicted molar refractivity (Wildman–Crippen MR) is 54.5 cm³/mol. The lowest BCUT2D eigenvalue weighted by atomic mass is 10.1. The molecule has 0 aromatic heterocycles. The topological polar surface area (TPSA) is 38.7 Å². The maximum atomic E-state index is 11.0. The summed E-state index contributed by atoms with van der Waals surface area (Å²) in [6, 6.07) is 0. The second-order valence-corrected chi connectivity index (χ2v) is 3.54. The van der Waals surface area contributed by atoms with E-state index in [1.54, 1.807) is 6.08 Å². The summed E-state index contributed by atoms with van der Waals surface area (Å²) in [6.45, 7) is 0. The van der Waals surface area contributed by atoms with E-state index in [1.165, 1.54) is 12.2 Å². The fourth-order valence-electron chi connectivity index (χ4n) is 1.40. The first-order valence-electron chi connectivity index (χ1n) is 4.54. The second-order valence-electron chi connectivity index (χ2n) is 3.16. The number of fused-ring (bicyclic) bond motifs is 1. The third kappa shape index (κ3) is 1.87. The molecule has 1 unspecified atom stereocenters. The number of nitrogens with zero attached hydrogens (tertiary/aromatic N) is 1. The quantitative estimate of drug-likeness (QED) is 0.528. The Balaban J connectivity index is 2.05. The summed E-state index contributed by atoms with van der Waals surface area (Å²) in [4.78, 5) is 15.3. The Morgan fingerprint density at radius 3 is 3.14 bits per heavy atom. The van der Waals surface area contributed by atoms with Crippen LogP contribution in [-0.2, 0) is 9.53 Å². The van der Waals surface area contributed by atoms with Gasteiger partial charge in [0, 0.05) is 18.4 Å². The summed E-state index contributed by atoms with van der Waals surface area (Å²) >= 11 is 5.57. The van der Waals surface area contributed by atoms with Crippen LogP contribution in [0.5, 0.6) is 0 Å². The average Bonchev–Trinajstić information content (AvgIpc) is 2.56. The molecule has 0 fully saturated rings. The van der Waals surface area contributed by atoms with Gasteiger partial charge in [-0.3, -0.25) is 4.79 Å². The lowest BCUT2D eigenvalue weighted by Gasteiger charge is -2.07. The molecule has 0 amide bonds. The molecule has 3 nitrogen and oxygen atoms in total. The summed E-state index contributed by atoms with van der Waals surface area (Å²) in [7, 11) is 0. The number of hydrogen-bond donors (Lipinski definition) is 0. The van der Waals surface area contributed by atoms with Crippen molar-refractivity contribution in [2.45, 2.75) is 19.1 Å². The van der Waals surface area contributed by atoms with E-state index in [-0.39, 0.29) is 12.0 Å². The van der Waals surface area contributed by atoms with Crippen LogP contribution in [0.3, 0.4) is 0 Å². The minimum Gasteiger partial charge on any atom is -0.466 e. The highest BCUT2D eigenvalue weighted by molar-refractivity contribution is 6.19. The van der Waals surface area contributed by atoms with Gasteiger partial charge >= 0.3 is 0 Å². The first-order valence-corrected chi connectivity index (χ1v) is 5.07. The van der Waals surface area contributed by atoms with E-state index in [9.17, 15) is 4.79 Å². The zero-order chi connectivity index (χ0) is 9.97. The molecule has 0 bridgehead atoms. The van der Waals surface area contributed by atoms with Crippen molar-refractivity contribution in [3.05, 3.63) is 24.0 Å². The highest BCUT2D eigenvalue weighted by atomic mass is 35.5. The molecule has 0 saturated heterocycles. The molecule has 1 heterocycles. The van der Waals surface area contributed by atoms with Gasteiger partial charge in [-0.15, -0.1) is 11.6 Å². The standard InChI is InChI=1S/C10H10ClNO2/c11-5-1-2-10-12-8-4-3-7(13)6-9(8)14-10/h3-4,6,10H,1-2,5H2. The van der Waals surface area contributed by atoms with Gasteiger partial charge in [0.05, 0.1) is 0 Å². The largest absolute Gasteiger partial charge is 0.466 e. The molecule has 2 aliphatic rings. The molecule has 0 saturated carbocycles. The Morgan fingerprint density at radius 2 is 2.36 bits per heavy atom. The first kappa shape index (κ1) is 9.46. The summed E-state index contributed by atoms with van der Waals surface area (Å²) < 4.78 is 5.46. The first-order chi connectivity index (χ1) is 6.79. The fourth-order valence-corrected chi connectivity index (χ4v) is 1.55. The summed E-state index contributed by atoms with van der Waals surface area (Å²) in [6.07, 6.45) is 6.17. The lowest BCUT2D eigenvalue weighted by Crippen LogP contribution is -2.06. The van der Waals surface area contributed by atoms with Gasteiger partial charge in [0.2, 0.25) is 0 Å². The number of carbonyl (C=O) groups is 1. The molecule has 1 aliphatic carbocycles. The molecule has 14 heavy (non-hydrogen) atoms. The molecule has 0 aromatic rings. The Morgan fingerprint density at radius 1 is 1.50 bits per heavy atom. The van der Waals surface area contributed by atoms with Gasteiger partial charge in [-0.1, -0.05) is 0 Å². The molecule has 1 atom stereocenters. The van der Waals surface area contributed by atoms with Gasteiger partial charge in [0.15, 0.2) is 17.8 Å². The van der Waals surface area contributed by atoms with Crippen LogP contribution in [0, 0.1) is 0 Å². The normalized spacial score (nSPS) is 24.1. The molecular formula is C10H10ClNO2. The van der Waals surface area contributed by atoms with Crippen LogP contribution < -0.4 is 0 Å². The Bertz CT molecular complexity index is 344. The van der Waals surface area contributed by atoms with Gasteiger partial charge < -0.3 is 4.74 Å². The molecule has 0 aromatic carbocycles. The van der Waals surface area contributed by atoms with Crippen LogP contribution >= 0.6 is 11.6 Å². The fraction of sp³-hybridized carbons (Fsp3) is 0.400. The molecule has 74 valence electrons. The smallest absolute Gasteiger partial charge is 0.190 e. The van der Waals surface area contributed by atoms with Crippen molar-refractivity contribution >= 4 is 23.1 Å². The monoisotopic (exact) mass is 211 g/mol. The van der Waals surface area contributed by atoms with Crippen LogP contribution in [0.2, 0.25) is 0 Å². The number of ketones is 1. The van der Waals surface area contributed by atoms with E-state index in [2.05, 4.69) is 4.99 Å². The predicted octanol–water partition coefficient (Wildman–Crippen LogP) is 1.83. The number of rotatable bonds is 3. The Hall–Kier alpha value is -1.09. The maximum Gasteiger partial charge on any atom is 0.190 e. The third-order valence-corrected chi connectivity index (χ3v) is 2.33. The number of alkyl halides is 1. The number of halogens is 1. The summed E-state index contributed by atoms with van der Waals surface area (Å²) in [5.74, 6) is 1.16. The molecule has 4 heteroatoms. The molecule has 2 rings (SSSR count). The maximum absolute atomic E-state index is 11.0. The number of hydrogen-bond acceptors (Lipinski definition) is 3. The van der Waals surface area contributed by atoms with Crippen molar-refractivity contribution in [2.24, 2.45) is 4.99 Å². The molecule has 0 spiro atoms. The van der Waals surface area contributed by atoms with Gasteiger partial charge in [-0.05, 0) is 18.6 Å². The number of ether oxygens (including phenoxy) is 1. The average molecular weight is 212 g/mol. The number of aliphatic imine (C=N–C) groups is 1. The summed E-state index contributed by atoms with van der Waals surface area (Å²) in [5, 5.41) is 0. The zero-order valence-corrected chi connectivity index (χ0v) is 8.33. The van der Waals surface area contributed by atoms with E-state index in [4.69, 9.17) is 16.3 Å². The SMILES string of the molecule is O=C1C=CC2=NC(CCCCl)OC2=C1. The van der Waals surface area contributed by atoms with E-state index in [1.807, 2.05) is 0 Å². The highest BCUT2D eigenvalue weighted by Gasteiger charge is 2.24. The van der Waals surface area contributed by atoms with Crippen LogP contribution in [0.1, 0.15) is 12.8 Å².